The molecule has 0 saturated heterocycles. The Morgan fingerprint density at radius 2 is 2.00 bits per heavy atom. The molecule has 1 aromatic carbocycles. The number of carbonyl (C=O) groups is 2. The number of benzene rings is 1. The first-order chi connectivity index (χ1) is 9.99. The number of hydrogen-bond donors (Lipinski definition) is 2. The number of carboxylic acids is 1. The van der Waals surface area contributed by atoms with E-state index in [1.54, 1.807) is 25.1 Å². The fourth-order valence-corrected chi connectivity index (χ4v) is 1.82. The molecule has 0 aliphatic rings. The first kappa shape index (κ1) is 16.8. The Bertz CT molecular complexity index is 501. The highest BCUT2D eigenvalue weighted by Gasteiger charge is 2.14. The van der Waals surface area contributed by atoms with Crippen LogP contribution in [0.25, 0.3) is 0 Å². The van der Waals surface area contributed by atoms with Gasteiger partial charge in [0.1, 0.15) is 11.5 Å². The van der Waals surface area contributed by atoms with Gasteiger partial charge in [-0.25, -0.2) is 0 Å². The summed E-state index contributed by atoms with van der Waals surface area (Å²) < 4.78 is 10.2. The maximum atomic E-state index is 12.1. The average Bonchev–Trinajstić information content (AvgIpc) is 2.50. The van der Waals surface area contributed by atoms with Crippen molar-refractivity contribution in [2.24, 2.45) is 5.92 Å². The van der Waals surface area contributed by atoms with Gasteiger partial charge in [0, 0.05) is 6.54 Å². The quantitative estimate of drug-likeness (QED) is 0.716. The van der Waals surface area contributed by atoms with Crippen LogP contribution in [0.3, 0.4) is 0 Å². The number of rotatable bonds is 8. The maximum Gasteiger partial charge on any atom is 0.306 e. The van der Waals surface area contributed by atoms with Crippen LogP contribution in [-0.2, 0) is 4.79 Å². The Hall–Kier alpha value is -2.24. The van der Waals surface area contributed by atoms with Crippen LogP contribution >= 0.6 is 0 Å². The number of carbonyl (C=O) groups excluding carboxylic acids is 1. The Morgan fingerprint density at radius 1 is 1.29 bits per heavy atom. The average molecular weight is 295 g/mol. The lowest BCUT2D eigenvalue weighted by molar-refractivity contribution is -0.141. The van der Waals surface area contributed by atoms with Crippen LogP contribution in [0.1, 0.15) is 30.1 Å². The molecule has 1 unspecified atom stereocenters. The largest absolute Gasteiger partial charge is 0.497 e. The Kier molecular flexibility index (Phi) is 6.52. The normalized spacial score (nSPS) is 11.6. The van der Waals surface area contributed by atoms with Gasteiger partial charge in [0.2, 0.25) is 0 Å². The second kappa shape index (κ2) is 8.14. The summed E-state index contributed by atoms with van der Waals surface area (Å²) in [6, 6.07) is 4.98. The summed E-state index contributed by atoms with van der Waals surface area (Å²) in [4.78, 5) is 22.8. The number of ether oxygens (including phenoxy) is 2. The van der Waals surface area contributed by atoms with E-state index in [1.807, 2.05) is 0 Å². The van der Waals surface area contributed by atoms with Crippen LogP contribution in [0.5, 0.6) is 11.5 Å². The summed E-state index contributed by atoms with van der Waals surface area (Å²) in [5.41, 5.74) is 0.392. The number of hydrogen-bond acceptors (Lipinski definition) is 4. The van der Waals surface area contributed by atoms with Gasteiger partial charge in [0.05, 0.1) is 25.7 Å². The summed E-state index contributed by atoms with van der Waals surface area (Å²) in [7, 11) is 3.02. The van der Waals surface area contributed by atoms with Gasteiger partial charge in [-0.15, -0.1) is 0 Å². The summed E-state index contributed by atoms with van der Waals surface area (Å²) >= 11 is 0. The lowest BCUT2D eigenvalue weighted by Gasteiger charge is -2.11. The predicted octanol–water partition coefficient (Wildman–Crippen LogP) is 1.93. The van der Waals surface area contributed by atoms with Crippen molar-refractivity contribution in [2.45, 2.75) is 19.8 Å². The third-order valence-corrected chi connectivity index (χ3v) is 3.17. The molecule has 1 aromatic rings. The van der Waals surface area contributed by atoms with Crippen molar-refractivity contribution in [1.29, 1.82) is 0 Å². The highest BCUT2D eigenvalue weighted by Crippen LogP contribution is 2.23. The molecule has 0 aromatic heterocycles. The topological polar surface area (TPSA) is 84.9 Å². The minimum Gasteiger partial charge on any atom is -0.497 e. The fraction of sp³-hybridized carbons (Fsp3) is 0.467. The molecule has 6 nitrogen and oxygen atoms in total. The van der Waals surface area contributed by atoms with Crippen molar-refractivity contribution in [3.05, 3.63) is 23.8 Å². The number of methoxy groups -OCH3 is 2. The van der Waals surface area contributed by atoms with E-state index in [9.17, 15) is 9.59 Å². The summed E-state index contributed by atoms with van der Waals surface area (Å²) in [6.45, 7) is 2.06. The molecule has 1 amide bonds. The minimum atomic E-state index is -0.823. The molecule has 6 heteroatoms. The van der Waals surface area contributed by atoms with Crippen LogP contribution in [0.4, 0.5) is 0 Å². The third-order valence-electron chi connectivity index (χ3n) is 3.17. The zero-order valence-corrected chi connectivity index (χ0v) is 12.5. The van der Waals surface area contributed by atoms with Crippen LogP contribution in [0.2, 0.25) is 0 Å². The molecular formula is C15H21NO5. The molecule has 0 saturated carbocycles. The Labute approximate surface area is 124 Å². The van der Waals surface area contributed by atoms with Crippen molar-refractivity contribution >= 4 is 11.9 Å². The Balaban J connectivity index is 2.57. The lowest BCUT2D eigenvalue weighted by atomic mass is 10.1. The van der Waals surface area contributed by atoms with Gasteiger partial charge >= 0.3 is 5.97 Å². The van der Waals surface area contributed by atoms with Crippen molar-refractivity contribution in [3.63, 3.8) is 0 Å². The molecular weight excluding hydrogens is 274 g/mol. The van der Waals surface area contributed by atoms with E-state index in [0.29, 0.717) is 36.4 Å². The molecule has 0 heterocycles. The van der Waals surface area contributed by atoms with Crippen LogP contribution in [0, 0.1) is 5.92 Å². The maximum absolute atomic E-state index is 12.1. The van der Waals surface area contributed by atoms with E-state index in [0.717, 1.165) is 0 Å². The van der Waals surface area contributed by atoms with Gasteiger partial charge in [0.25, 0.3) is 5.91 Å². The zero-order chi connectivity index (χ0) is 15.8. The highest BCUT2D eigenvalue weighted by molar-refractivity contribution is 5.97. The molecule has 116 valence electrons. The van der Waals surface area contributed by atoms with Gasteiger partial charge in [-0.2, -0.15) is 0 Å². The highest BCUT2D eigenvalue weighted by atomic mass is 16.5. The van der Waals surface area contributed by atoms with Gasteiger partial charge in [-0.05, 0) is 31.0 Å². The van der Waals surface area contributed by atoms with Crippen molar-refractivity contribution in [3.8, 4) is 11.5 Å². The number of carboxylic acid groups (broad SMARTS) is 1. The van der Waals surface area contributed by atoms with Crippen molar-refractivity contribution in [1.82, 2.24) is 5.32 Å². The molecule has 0 bridgehead atoms. The predicted molar refractivity (Wildman–Crippen MR) is 77.9 cm³/mol. The summed E-state index contributed by atoms with van der Waals surface area (Å²) in [6.07, 6.45) is 1.12. The van der Waals surface area contributed by atoms with Gasteiger partial charge in [-0.1, -0.05) is 6.92 Å². The third kappa shape index (κ3) is 4.98. The van der Waals surface area contributed by atoms with E-state index >= 15 is 0 Å². The summed E-state index contributed by atoms with van der Waals surface area (Å²) in [5.74, 6) is -0.467. The smallest absolute Gasteiger partial charge is 0.306 e. The van der Waals surface area contributed by atoms with Gasteiger partial charge < -0.3 is 19.9 Å². The first-order valence-electron chi connectivity index (χ1n) is 6.72. The molecule has 21 heavy (non-hydrogen) atoms. The molecule has 1 rings (SSSR count). The van der Waals surface area contributed by atoms with Crippen LogP contribution in [-0.4, -0.2) is 37.7 Å². The van der Waals surface area contributed by atoms with Crippen LogP contribution < -0.4 is 14.8 Å². The van der Waals surface area contributed by atoms with E-state index in [1.165, 1.54) is 14.2 Å². The molecule has 0 fully saturated rings. The molecule has 0 aliphatic heterocycles. The second-order valence-electron chi connectivity index (χ2n) is 4.70. The van der Waals surface area contributed by atoms with Crippen molar-refractivity contribution < 1.29 is 24.2 Å². The van der Waals surface area contributed by atoms with Gasteiger partial charge in [-0.3, -0.25) is 9.59 Å². The molecule has 0 radical (unpaired) electrons. The molecule has 0 spiro atoms. The number of aliphatic carboxylic acids is 1. The fourth-order valence-electron chi connectivity index (χ4n) is 1.82. The monoisotopic (exact) mass is 295 g/mol. The van der Waals surface area contributed by atoms with E-state index in [2.05, 4.69) is 5.32 Å². The van der Waals surface area contributed by atoms with Gasteiger partial charge in [0.15, 0.2) is 0 Å². The van der Waals surface area contributed by atoms with E-state index < -0.39 is 11.9 Å². The lowest BCUT2D eigenvalue weighted by Crippen LogP contribution is -2.25. The molecule has 1 atom stereocenters. The standard InChI is InChI=1S/C15H21NO5/c1-10(15(18)19)5-4-8-16-14(17)12-9-11(20-2)6-7-13(12)21-3/h6-7,9-10H,4-5,8H2,1-3H3,(H,16,17)(H,18,19). The van der Waals surface area contributed by atoms with Crippen LogP contribution in [0.15, 0.2) is 18.2 Å². The molecule has 0 aliphatic carbocycles. The second-order valence-corrected chi connectivity index (χ2v) is 4.70. The van der Waals surface area contributed by atoms with E-state index in [-0.39, 0.29) is 5.91 Å². The summed E-state index contributed by atoms with van der Waals surface area (Å²) in [5, 5.41) is 11.5. The zero-order valence-electron chi connectivity index (χ0n) is 12.5. The van der Waals surface area contributed by atoms with Crippen molar-refractivity contribution in [2.75, 3.05) is 20.8 Å². The first-order valence-corrected chi connectivity index (χ1v) is 6.72. The van der Waals surface area contributed by atoms with E-state index in [4.69, 9.17) is 14.6 Å². The number of nitrogens with one attached hydrogen (secondary N) is 1. The number of amides is 1. The minimum absolute atomic E-state index is 0.270. The Morgan fingerprint density at radius 3 is 2.57 bits per heavy atom. The molecule has 2 N–H and O–H groups in total. The SMILES string of the molecule is COc1ccc(OC)c(C(=O)NCCCC(C)C(=O)O)c1.